The Balaban J connectivity index is 1.42. The van der Waals surface area contributed by atoms with Crippen LogP contribution in [0.1, 0.15) is 40.2 Å². The number of hydrogen-bond acceptors (Lipinski definition) is 9. The van der Waals surface area contributed by atoms with Gasteiger partial charge in [-0.05, 0) is 42.7 Å². The normalized spacial score (nSPS) is 18.7. The van der Waals surface area contributed by atoms with E-state index in [4.69, 9.17) is 20.9 Å². The van der Waals surface area contributed by atoms with Crippen molar-refractivity contribution >= 4 is 44.8 Å². The molecule has 0 aromatic carbocycles. The highest BCUT2D eigenvalue weighted by atomic mass is 35.5. The van der Waals surface area contributed by atoms with Crippen molar-refractivity contribution in [1.29, 1.82) is 0 Å². The molecule has 1 saturated carbocycles. The molecular formula is C19H21ClN6O4S2. The lowest BCUT2D eigenvalue weighted by atomic mass is 10.1. The van der Waals surface area contributed by atoms with Gasteiger partial charge in [-0.1, -0.05) is 11.6 Å². The van der Waals surface area contributed by atoms with Crippen LogP contribution in [0.15, 0.2) is 36.2 Å². The van der Waals surface area contributed by atoms with Crippen molar-refractivity contribution in [2.45, 2.75) is 31.8 Å². The molecule has 1 aliphatic carbocycles. The number of hydrogen-bond donors (Lipinski definition) is 2. The van der Waals surface area contributed by atoms with Gasteiger partial charge in [0, 0.05) is 23.3 Å². The van der Waals surface area contributed by atoms with Crippen LogP contribution in [0, 0.1) is 5.92 Å². The molecule has 170 valence electrons. The molecule has 4 rings (SSSR count). The fourth-order valence-corrected chi connectivity index (χ4v) is 5.12. The van der Waals surface area contributed by atoms with Crippen LogP contribution in [-0.4, -0.2) is 46.6 Å². The van der Waals surface area contributed by atoms with Gasteiger partial charge in [-0.2, -0.15) is 13.5 Å². The minimum atomic E-state index is -3.96. The van der Waals surface area contributed by atoms with Crippen molar-refractivity contribution in [2.75, 3.05) is 11.9 Å². The Morgan fingerprint density at radius 1 is 1.38 bits per heavy atom. The second-order valence-electron chi connectivity index (χ2n) is 7.50. The minimum Gasteiger partial charge on any atom is -0.367 e. The quantitative estimate of drug-likeness (QED) is 0.430. The topological polar surface area (TPSA) is 142 Å². The number of aromatic nitrogens is 4. The van der Waals surface area contributed by atoms with E-state index in [0.29, 0.717) is 29.4 Å². The maximum absolute atomic E-state index is 13.1. The molecule has 2 atom stereocenters. The molecule has 10 nitrogen and oxygen atoms in total. The highest BCUT2D eigenvalue weighted by molar-refractivity contribution is 7.84. The first kappa shape index (κ1) is 22.8. The molecule has 0 saturated heterocycles. The summed E-state index contributed by atoms with van der Waals surface area (Å²) in [6.07, 6.45) is 6.79. The van der Waals surface area contributed by atoms with Gasteiger partial charge in [0.25, 0.3) is 0 Å². The van der Waals surface area contributed by atoms with Crippen molar-refractivity contribution in [3.8, 4) is 0 Å². The molecule has 3 aromatic heterocycles. The van der Waals surface area contributed by atoms with E-state index in [0.717, 1.165) is 17.7 Å². The Morgan fingerprint density at radius 2 is 2.22 bits per heavy atom. The van der Waals surface area contributed by atoms with Crippen molar-refractivity contribution < 1.29 is 17.4 Å². The third-order valence-electron chi connectivity index (χ3n) is 5.18. The Bertz CT molecular complexity index is 1210. The molecule has 13 heteroatoms. The monoisotopic (exact) mass is 496 g/mol. The summed E-state index contributed by atoms with van der Waals surface area (Å²) in [6, 6.07) is 3.49. The zero-order chi connectivity index (χ0) is 22.7. The van der Waals surface area contributed by atoms with Crippen molar-refractivity contribution in [3.63, 3.8) is 0 Å². The summed E-state index contributed by atoms with van der Waals surface area (Å²) in [5.74, 6) is 0.168. The Hall–Kier alpha value is -2.38. The number of ketones is 1. The summed E-state index contributed by atoms with van der Waals surface area (Å²) in [7, 11) is -3.96. The number of nitrogens with one attached hydrogen (secondary N) is 1. The lowest BCUT2D eigenvalue weighted by Gasteiger charge is -2.15. The van der Waals surface area contributed by atoms with Gasteiger partial charge in [0.1, 0.15) is 17.8 Å². The average Bonchev–Trinajstić information content (AvgIpc) is 3.49. The van der Waals surface area contributed by atoms with Crippen molar-refractivity contribution in [3.05, 3.63) is 57.4 Å². The SMILES string of the molecule is NS(=O)(=O)OCC1CCC(Nc2ncncc2C(=O)c2ccn(Cc3sccc3Cl)n2)C1. The fraction of sp³-hybridized carbons (Fsp3) is 0.368. The van der Waals surface area contributed by atoms with E-state index < -0.39 is 10.3 Å². The Kier molecular flexibility index (Phi) is 6.86. The molecule has 0 radical (unpaired) electrons. The highest BCUT2D eigenvalue weighted by Crippen LogP contribution is 2.29. The van der Waals surface area contributed by atoms with Gasteiger partial charge in [-0.3, -0.25) is 13.7 Å². The number of nitrogens with zero attached hydrogens (tertiary/aromatic N) is 4. The summed E-state index contributed by atoms with van der Waals surface area (Å²) in [4.78, 5) is 22.3. The molecule has 1 aliphatic rings. The Labute approximate surface area is 194 Å². The van der Waals surface area contributed by atoms with Crippen molar-refractivity contribution in [2.24, 2.45) is 11.1 Å². The first-order chi connectivity index (χ1) is 15.3. The fourth-order valence-electron chi connectivity index (χ4n) is 3.65. The molecular weight excluding hydrogens is 476 g/mol. The number of thiophene rings is 1. The number of carbonyl (C=O) groups excluding carboxylic acids is 1. The molecule has 3 aromatic rings. The third kappa shape index (κ3) is 5.70. The number of carbonyl (C=O) groups is 1. The van der Waals surface area contributed by atoms with E-state index >= 15 is 0 Å². The van der Waals surface area contributed by atoms with Gasteiger partial charge >= 0.3 is 10.3 Å². The number of halogens is 1. The van der Waals surface area contributed by atoms with Gasteiger partial charge in [0.2, 0.25) is 5.78 Å². The van der Waals surface area contributed by atoms with E-state index in [1.165, 1.54) is 23.9 Å². The third-order valence-corrected chi connectivity index (χ3v) is 7.01. The van der Waals surface area contributed by atoms with E-state index in [-0.39, 0.29) is 30.0 Å². The predicted octanol–water partition coefficient (Wildman–Crippen LogP) is 2.47. The Morgan fingerprint density at radius 3 is 2.97 bits per heavy atom. The van der Waals surface area contributed by atoms with Crippen LogP contribution in [0.25, 0.3) is 0 Å². The molecule has 1 fully saturated rings. The van der Waals surface area contributed by atoms with Crippen LogP contribution < -0.4 is 10.5 Å². The van der Waals surface area contributed by atoms with E-state index in [1.807, 2.05) is 11.4 Å². The van der Waals surface area contributed by atoms with Gasteiger partial charge < -0.3 is 5.32 Å². The second kappa shape index (κ2) is 9.63. The molecule has 3 heterocycles. The highest BCUT2D eigenvalue weighted by Gasteiger charge is 2.28. The molecule has 0 amide bonds. The zero-order valence-corrected chi connectivity index (χ0v) is 19.2. The van der Waals surface area contributed by atoms with Gasteiger partial charge in [-0.15, -0.1) is 11.3 Å². The smallest absolute Gasteiger partial charge is 0.333 e. The van der Waals surface area contributed by atoms with Gasteiger partial charge in [0.05, 0.1) is 23.7 Å². The predicted molar refractivity (Wildman–Crippen MR) is 120 cm³/mol. The zero-order valence-electron chi connectivity index (χ0n) is 16.8. The van der Waals surface area contributed by atoms with Crippen LogP contribution in [0.4, 0.5) is 5.82 Å². The summed E-state index contributed by atoms with van der Waals surface area (Å²) < 4.78 is 28.4. The van der Waals surface area contributed by atoms with Gasteiger partial charge in [0.15, 0.2) is 0 Å². The van der Waals surface area contributed by atoms with E-state index in [2.05, 4.69) is 20.4 Å². The lowest BCUT2D eigenvalue weighted by Crippen LogP contribution is -2.22. The van der Waals surface area contributed by atoms with Crippen LogP contribution in [0.3, 0.4) is 0 Å². The largest absolute Gasteiger partial charge is 0.367 e. The first-order valence-corrected chi connectivity index (χ1v) is 12.5. The summed E-state index contributed by atoms with van der Waals surface area (Å²) in [5.41, 5.74) is 0.595. The average molecular weight is 497 g/mol. The summed E-state index contributed by atoms with van der Waals surface area (Å²) in [5, 5.41) is 15.1. The second-order valence-corrected chi connectivity index (χ2v) is 10.1. The standard InChI is InChI=1S/C19H21ClN6O4S2/c20-15-4-6-31-17(15)9-26-5-3-16(25-26)18(27)14-8-22-11-23-19(14)24-13-2-1-12(7-13)10-30-32(21,28)29/h3-6,8,11-13H,1-2,7,9-10H2,(H2,21,28,29)(H,22,23,24). The molecule has 0 aliphatic heterocycles. The van der Waals surface area contributed by atoms with E-state index in [9.17, 15) is 13.2 Å². The minimum absolute atomic E-state index is 0.0176. The molecule has 0 bridgehead atoms. The number of anilines is 1. The molecule has 0 spiro atoms. The molecule has 3 N–H and O–H groups in total. The van der Waals surface area contributed by atoms with Gasteiger partial charge in [-0.25, -0.2) is 15.1 Å². The van der Waals surface area contributed by atoms with E-state index in [1.54, 1.807) is 16.9 Å². The first-order valence-electron chi connectivity index (χ1n) is 9.82. The van der Waals surface area contributed by atoms with Crippen LogP contribution in [0.2, 0.25) is 5.02 Å². The van der Waals surface area contributed by atoms with Crippen LogP contribution in [0.5, 0.6) is 0 Å². The summed E-state index contributed by atoms with van der Waals surface area (Å²) >= 11 is 7.67. The lowest BCUT2D eigenvalue weighted by molar-refractivity contribution is 0.103. The maximum Gasteiger partial charge on any atom is 0.333 e. The van der Waals surface area contributed by atoms with Crippen LogP contribution in [-0.2, 0) is 21.0 Å². The van der Waals surface area contributed by atoms with Crippen molar-refractivity contribution in [1.82, 2.24) is 19.7 Å². The maximum atomic E-state index is 13.1. The number of nitrogens with two attached hydrogens (primary N) is 1. The number of rotatable bonds is 9. The summed E-state index contributed by atoms with van der Waals surface area (Å²) in [6.45, 7) is 0.516. The molecule has 32 heavy (non-hydrogen) atoms. The molecule has 2 unspecified atom stereocenters. The van der Waals surface area contributed by atoms with Crippen LogP contribution >= 0.6 is 22.9 Å².